The molecule has 44 heavy (non-hydrogen) atoms. The van der Waals surface area contributed by atoms with Crippen LogP contribution in [0.5, 0.6) is 5.75 Å². The Hall–Kier alpha value is -2.12. The van der Waals surface area contributed by atoms with Gasteiger partial charge in [-0.2, -0.15) is 0 Å². The van der Waals surface area contributed by atoms with Gasteiger partial charge in [0.05, 0.1) is 37.6 Å². The number of Topliss-reactive ketones (excluding diaryl/α,β-unsaturated/α-hetero) is 1. The molecular weight excluding hydrogens is 570 g/mol. The number of aliphatic hydroxyl groups excluding tert-OH is 1. The third-order valence-electron chi connectivity index (χ3n) is 12.8. The van der Waals surface area contributed by atoms with Gasteiger partial charge in [0.25, 0.3) is 0 Å². The highest BCUT2D eigenvalue weighted by Crippen LogP contribution is 2.78. The SMILES string of the molecule is CCN1C[C@]2(COC)[C@H](O)C[C@H](OC)[C@]34C1[C@H]([C@H](OC)[C@H]23)[C@H]1C(=O)[C@@H](OC)[C@@]2(O)C[C@@H]4[C@@H]1[C@H]2OC(=O)c1ccc(OC)cc1. The van der Waals surface area contributed by atoms with Crippen molar-refractivity contribution in [1.29, 1.82) is 0 Å². The zero-order valence-electron chi connectivity index (χ0n) is 26.3. The number of rotatable bonds is 9. The lowest BCUT2D eigenvalue weighted by molar-refractivity contribution is -0.280. The monoisotopic (exact) mass is 615 g/mol. The van der Waals surface area contributed by atoms with E-state index in [1.54, 1.807) is 52.7 Å². The number of hydrogen-bond acceptors (Lipinski definition) is 11. The maximum Gasteiger partial charge on any atom is 0.338 e. The lowest BCUT2D eigenvalue weighted by Crippen LogP contribution is -2.77. The van der Waals surface area contributed by atoms with Gasteiger partial charge < -0.3 is 38.6 Å². The third kappa shape index (κ3) is 3.47. The number of fused-ring (bicyclic) bond motifs is 2. The quantitative estimate of drug-likeness (QED) is 0.388. The maximum absolute atomic E-state index is 14.5. The molecule has 1 spiro atoms. The fraction of sp³-hybridized carbons (Fsp3) is 0.758. The van der Waals surface area contributed by atoms with Crippen LogP contribution in [0.1, 0.15) is 30.1 Å². The van der Waals surface area contributed by atoms with Crippen LogP contribution in [-0.2, 0) is 28.5 Å². The minimum absolute atomic E-state index is 0.101. The number of carbonyl (C=O) groups is 2. The molecule has 1 unspecified atom stereocenters. The topological polar surface area (TPSA) is 133 Å². The minimum atomic E-state index is -1.73. The zero-order chi connectivity index (χ0) is 31.3. The highest BCUT2D eigenvalue weighted by molar-refractivity contribution is 5.92. The molecule has 0 radical (unpaired) electrons. The molecule has 14 atom stereocenters. The van der Waals surface area contributed by atoms with Crippen molar-refractivity contribution in [3.63, 3.8) is 0 Å². The Balaban J connectivity index is 1.42. The highest BCUT2D eigenvalue weighted by Gasteiger charge is 2.87. The molecular formula is C33H45NO10. The number of ether oxygens (including phenoxy) is 6. The molecule has 1 aromatic carbocycles. The number of methoxy groups -OCH3 is 5. The van der Waals surface area contributed by atoms with Crippen LogP contribution in [0.2, 0.25) is 0 Å². The zero-order valence-corrected chi connectivity index (χ0v) is 26.3. The standard InChI is InChI=1S/C33H45NO10/c1-7-34-14-31(15-39-2)19(35)12-20(41-4)33-18-13-32(38)28(44-30(37)16-8-10-17(40-3)11-9-16)21(18)22(24(36)29(32)43-6)23(27(33)34)25(42-5)26(31)33/h8-11,18-23,25-29,35,38H,7,12-15H2,1-6H3/t18-,19-,20+,21+,22+,23+,25+,26-,27?,28-,29-,31+,32-,33+/m1/s1. The van der Waals surface area contributed by atoms with Crippen LogP contribution in [0.15, 0.2) is 24.3 Å². The number of likely N-dealkylation sites (tertiary alicyclic amines) is 1. The average molecular weight is 616 g/mol. The number of esters is 1. The molecule has 2 N–H and O–H groups in total. The molecule has 1 aromatic rings. The van der Waals surface area contributed by atoms with Gasteiger partial charge in [-0.1, -0.05) is 6.92 Å². The van der Waals surface area contributed by atoms with Crippen molar-refractivity contribution < 1.29 is 48.2 Å². The van der Waals surface area contributed by atoms with E-state index < -0.39 is 52.5 Å². The van der Waals surface area contributed by atoms with E-state index in [0.29, 0.717) is 37.4 Å². The number of piperidine rings is 1. The largest absolute Gasteiger partial charge is 0.497 e. The molecule has 0 aromatic heterocycles. The van der Waals surface area contributed by atoms with Gasteiger partial charge >= 0.3 is 5.97 Å². The number of hydrogen-bond donors (Lipinski definition) is 2. The summed E-state index contributed by atoms with van der Waals surface area (Å²) >= 11 is 0. The van der Waals surface area contributed by atoms with Crippen molar-refractivity contribution in [2.45, 2.75) is 61.9 Å². The first-order valence-corrected chi connectivity index (χ1v) is 15.7. The number of carbonyl (C=O) groups excluding carboxylic acids is 2. The predicted octanol–water partition coefficient (Wildman–Crippen LogP) is 1.18. The molecule has 5 aliphatic carbocycles. The lowest BCUT2D eigenvalue weighted by atomic mass is 9.43. The third-order valence-corrected chi connectivity index (χ3v) is 12.8. The lowest BCUT2D eigenvalue weighted by Gasteiger charge is -2.69. The molecule has 11 nitrogen and oxygen atoms in total. The van der Waals surface area contributed by atoms with E-state index in [1.807, 2.05) is 0 Å². The van der Waals surface area contributed by atoms with Crippen LogP contribution >= 0.6 is 0 Å². The summed E-state index contributed by atoms with van der Waals surface area (Å²) in [5.74, 6) is -1.98. The molecule has 6 fully saturated rings. The van der Waals surface area contributed by atoms with E-state index in [0.717, 1.165) is 0 Å². The van der Waals surface area contributed by atoms with Gasteiger partial charge in [-0.05, 0) is 43.1 Å². The molecule has 1 aliphatic heterocycles. The van der Waals surface area contributed by atoms with E-state index >= 15 is 0 Å². The molecule has 6 aliphatic rings. The molecule has 1 heterocycles. The average Bonchev–Trinajstić information content (AvgIpc) is 3.36. The van der Waals surface area contributed by atoms with E-state index in [9.17, 15) is 19.8 Å². The van der Waals surface area contributed by atoms with Crippen LogP contribution < -0.4 is 4.74 Å². The van der Waals surface area contributed by atoms with Crippen molar-refractivity contribution in [1.82, 2.24) is 4.90 Å². The Kier molecular flexibility index (Phi) is 7.25. The van der Waals surface area contributed by atoms with Crippen LogP contribution in [0, 0.1) is 40.4 Å². The summed E-state index contributed by atoms with van der Waals surface area (Å²) < 4.78 is 36.0. The Morgan fingerprint density at radius 2 is 1.77 bits per heavy atom. The number of aliphatic hydroxyl groups is 2. The predicted molar refractivity (Wildman–Crippen MR) is 155 cm³/mol. The minimum Gasteiger partial charge on any atom is -0.497 e. The smallest absolute Gasteiger partial charge is 0.338 e. The molecule has 0 amide bonds. The van der Waals surface area contributed by atoms with Gasteiger partial charge in [-0.15, -0.1) is 0 Å². The van der Waals surface area contributed by atoms with Crippen molar-refractivity contribution in [3.05, 3.63) is 29.8 Å². The summed E-state index contributed by atoms with van der Waals surface area (Å²) in [6.07, 6.45) is -3.03. The highest BCUT2D eigenvalue weighted by atomic mass is 16.6. The summed E-state index contributed by atoms with van der Waals surface area (Å²) in [6, 6.07) is 6.53. The first-order valence-electron chi connectivity index (χ1n) is 15.7. The van der Waals surface area contributed by atoms with E-state index in [2.05, 4.69) is 11.8 Å². The normalized spacial score (nSPS) is 48.4. The van der Waals surface area contributed by atoms with Crippen LogP contribution in [0.25, 0.3) is 0 Å². The van der Waals surface area contributed by atoms with Crippen molar-refractivity contribution in [3.8, 4) is 5.75 Å². The second-order valence-corrected chi connectivity index (χ2v) is 13.9. The van der Waals surface area contributed by atoms with Crippen molar-refractivity contribution in [2.24, 2.45) is 40.4 Å². The molecule has 1 saturated heterocycles. The van der Waals surface area contributed by atoms with E-state index in [4.69, 9.17) is 28.4 Å². The molecule has 7 rings (SSSR count). The Morgan fingerprint density at radius 3 is 2.36 bits per heavy atom. The van der Waals surface area contributed by atoms with E-state index in [-0.39, 0.29) is 48.2 Å². The van der Waals surface area contributed by atoms with Gasteiger partial charge in [0, 0.05) is 81.9 Å². The summed E-state index contributed by atoms with van der Waals surface area (Å²) in [5.41, 5.74) is -2.69. The van der Waals surface area contributed by atoms with E-state index in [1.165, 1.54) is 7.11 Å². The first kappa shape index (κ1) is 30.5. The Morgan fingerprint density at radius 1 is 1.05 bits per heavy atom. The fourth-order valence-corrected chi connectivity index (χ4v) is 11.8. The molecule has 7 bridgehead atoms. The van der Waals surface area contributed by atoms with Crippen LogP contribution in [0.3, 0.4) is 0 Å². The Labute approximate surface area is 258 Å². The van der Waals surface area contributed by atoms with Crippen molar-refractivity contribution in [2.75, 3.05) is 55.2 Å². The van der Waals surface area contributed by atoms with Gasteiger partial charge in [0.15, 0.2) is 5.78 Å². The van der Waals surface area contributed by atoms with Crippen LogP contribution in [0.4, 0.5) is 0 Å². The van der Waals surface area contributed by atoms with Crippen molar-refractivity contribution >= 4 is 11.8 Å². The molecule has 5 saturated carbocycles. The van der Waals surface area contributed by atoms with Gasteiger partial charge in [-0.3, -0.25) is 9.69 Å². The Bertz CT molecular complexity index is 1310. The van der Waals surface area contributed by atoms with Gasteiger partial charge in [-0.25, -0.2) is 4.79 Å². The summed E-state index contributed by atoms with van der Waals surface area (Å²) in [4.78, 5) is 30.6. The second kappa shape index (κ2) is 10.4. The van der Waals surface area contributed by atoms with Crippen LogP contribution in [-0.4, -0.2) is 124 Å². The van der Waals surface area contributed by atoms with Gasteiger partial charge in [0.1, 0.15) is 23.6 Å². The van der Waals surface area contributed by atoms with Gasteiger partial charge in [0.2, 0.25) is 0 Å². The summed E-state index contributed by atoms with van der Waals surface area (Å²) in [7, 11) is 8.02. The number of ketones is 1. The summed E-state index contributed by atoms with van der Waals surface area (Å²) in [6.45, 7) is 3.73. The maximum atomic E-state index is 14.5. The second-order valence-electron chi connectivity index (χ2n) is 13.9. The molecule has 242 valence electrons. The number of nitrogens with zero attached hydrogens (tertiary/aromatic N) is 1. The first-order chi connectivity index (χ1) is 21.1. The molecule has 11 heteroatoms. The fourth-order valence-electron chi connectivity index (χ4n) is 11.8. The summed E-state index contributed by atoms with van der Waals surface area (Å²) in [5, 5.41) is 24.4. The number of benzene rings is 1.